The SMILES string of the molecule is C[C@@H](C(=O)Nc1ccc(Cl)cn1)N1CCO[C@H](C(F)(F)F)C1. The first kappa shape index (κ1) is 17.0. The Labute approximate surface area is 130 Å². The monoisotopic (exact) mass is 337 g/mol. The molecule has 1 aliphatic rings. The summed E-state index contributed by atoms with van der Waals surface area (Å²) in [7, 11) is 0. The zero-order valence-corrected chi connectivity index (χ0v) is 12.5. The fourth-order valence-corrected chi connectivity index (χ4v) is 2.18. The summed E-state index contributed by atoms with van der Waals surface area (Å²) in [5.74, 6) is -0.139. The van der Waals surface area contributed by atoms with Gasteiger partial charge in [0.1, 0.15) is 5.82 Å². The lowest BCUT2D eigenvalue weighted by molar-refractivity contribution is -0.238. The van der Waals surface area contributed by atoms with Crippen LogP contribution in [0.25, 0.3) is 0 Å². The van der Waals surface area contributed by atoms with Crippen LogP contribution < -0.4 is 5.32 Å². The van der Waals surface area contributed by atoms with Crippen molar-refractivity contribution >= 4 is 23.3 Å². The van der Waals surface area contributed by atoms with Crippen LogP contribution in [0.5, 0.6) is 0 Å². The van der Waals surface area contributed by atoms with Crippen molar-refractivity contribution in [3.8, 4) is 0 Å². The molecule has 0 bridgehead atoms. The lowest BCUT2D eigenvalue weighted by Gasteiger charge is -2.36. The number of aromatic nitrogens is 1. The number of hydrogen-bond donors (Lipinski definition) is 1. The van der Waals surface area contributed by atoms with Gasteiger partial charge in [-0.05, 0) is 19.1 Å². The van der Waals surface area contributed by atoms with E-state index in [-0.39, 0.29) is 19.7 Å². The Bertz CT molecular complexity index is 524. The van der Waals surface area contributed by atoms with Crippen LogP contribution in [0.4, 0.5) is 19.0 Å². The average Bonchev–Trinajstić information content (AvgIpc) is 2.48. The molecular weight excluding hydrogens is 323 g/mol. The lowest BCUT2D eigenvalue weighted by atomic mass is 10.2. The third-order valence-electron chi connectivity index (χ3n) is 3.37. The van der Waals surface area contributed by atoms with Gasteiger partial charge in [0.25, 0.3) is 0 Å². The minimum Gasteiger partial charge on any atom is -0.366 e. The predicted molar refractivity (Wildman–Crippen MR) is 74.7 cm³/mol. The maximum atomic E-state index is 12.7. The molecule has 1 saturated heterocycles. The summed E-state index contributed by atoms with van der Waals surface area (Å²) in [5.41, 5.74) is 0. The van der Waals surface area contributed by atoms with E-state index in [1.165, 1.54) is 17.2 Å². The number of ether oxygens (including phenoxy) is 1. The van der Waals surface area contributed by atoms with Crippen molar-refractivity contribution in [2.24, 2.45) is 0 Å². The fraction of sp³-hybridized carbons (Fsp3) is 0.538. The number of pyridine rings is 1. The van der Waals surface area contributed by atoms with Crippen LogP contribution in [0.1, 0.15) is 6.92 Å². The Balaban J connectivity index is 1.96. The largest absolute Gasteiger partial charge is 0.415 e. The highest BCUT2D eigenvalue weighted by Crippen LogP contribution is 2.26. The van der Waals surface area contributed by atoms with Gasteiger partial charge in [-0.1, -0.05) is 11.6 Å². The quantitative estimate of drug-likeness (QED) is 0.919. The summed E-state index contributed by atoms with van der Waals surface area (Å²) in [6, 6.07) is 2.35. The molecule has 0 aromatic carbocycles. The molecule has 5 nitrogen and oxygen atoms in total. The smallest absolute Gasteiger partial charge is 0.366 e. The number of nitrogens with zero attached hydrogens (tertiary/aromatic N) is 2. The molecule has 122 valence electrons. The third kappa shape index (κ3) is 4.31. The predicted octanol–water partition coefficient (Wildman–Crippen LogP) is 2.33. The van der Waals surface area contributed by atoms with Crippen molar-refractivity contribution in [2.45, 2.75) is 25.2 Å². The van der Waals surface area contributed by atoms with Gasteiger partial charge < -0.3 is 10.1 Å². The van der Waals surface area contributed by atoms with Gasteiger partial charge in [-0.3, -0.25) is 9.69 Å². The van der Waals surface area contributed by atoms with Crippen LogP contribution in [0, 0.1) is 0 Å². The van der Waals surface area contributed by atoms with Crippen LogP contribution in [-0.4, -0.2) is 53.8 Å². The number of hydrogen-bond acceptors (Lipinski definition) is 4. The third-order valence-corrected chi connectivity index (χ3v) is 3.59. The van der Waals surface area contributed by atoms with E-state index in [0.717, 1.165) is 0 Å². The fourth-order valence-electron chi connectivity index (χ4n) is 2.07. The Hall–Kier alpha value is -1.38. The zero-order chi connectivity index (χ0) is 16.3. The van der Waals surface area contributed by atoms with Crippen molar-refractivity contribution in [1.82, 2.24) is 9.88 Å². The minimum atomic E-state index is -4.44. The molecule has 0 unspecified atom stereocenters. The number of amides is 1. The standard InChI is InChI=1S/C13H15ClF3N3O2/c1-8(12(21)19-11-3-2-9(14)6-18-11)20-4-5-22-10(7-20)13(15,16)17/h2-3,6,8,10H,4-5,7H2,1H3,(H,18,19,21)/t8-,10-/m0/s1. The number of nitrogens with one attached hydrogen (secondary N) is 1. The molecule has 1 aliphatic heterocycles. The van der Waals surface area contributed by atoms with E-state index < -0.39 is 24.2 Å². The highest BCUT2D eigenvalue weighted by atomic mass is 35.5. The molecule has 0 saturated carbocycles. The first-order chi connectivity index (χ1) is 10.3. The van der Waals surface area contributed by atoms with Gasteiger partial charge in [0.05, 0.1) is 17.7 Å². The normalized spacial score (nSPS) is 21.4. The molecule has 1 aromatic heterocycles. The van der Waals surface area contributed by atoms with E-state index in [0.29, 0.717) is 10.8 Å². The molecule has 1 amide bonds. The summed E-state index contributed by atoms with van der Waals surface area (Å²) >= 11 is 5.69. The first-order valence-corrected chi connectivity index (χ1v) is 7.00. The van der Waals surface area contributed by atoms with Crippen molar-refractivity contribution in [3.63, 3.8) is 0 Å². The number of rotatable bonds is 3. The molecule has 0 aliphatic carbocycles. The molecule has 9 heteroatoms. The molecule has 22 heavy (non-hydrogen) atoms. The Morgan fingerprint density at radius 3 is 2.86 bits per heavy atom. The van der Waals surface area contributed by atoms with Gasteiger partial charge in [0.2, 0.25) is 5.91 Å². The first-order valence-electron chi connectivity index (χ1n) is 6.62. The van der Waals surface area contributed by atoms with Crippen LogP contribution in [0.3, 0.4) is 0 Å². The highest BCUT2D eigenvalue weighted by molar-refractivity contribution is 6.30. The molecule has 1 fully saturated rings. The summed E-state index contributed by atoms with van der Waals surface area (Å²) in [4.78, 5) is 17.5. The number of anilines is 1. The van der Waals surface area contributed by atoms with Crippen molar-refractivity contribution in [1.29, 1.82) is 0 Å². The molecule has 0 radical (unpaired) electrons. The van der Waals surface area contributed by atoms with Crippen molar-refractivity contribution in [3.05, 3.63) is 23.4 Å². The topological polar surface area (TPSA) is 54.5 Å². The molecule has 1 N–H and O–H groups in total. The Morgan fingerprint density at radius 2 is 2.27 bits per heavy atom. The van der Waals surface area contributed by atoms with Gasteiger partial charge in [0, 0.05) is 19.3 Å². The molecule has 2 rings (SSSR count). The molecule has 1 aromatic rings. The van der Waals surface area contributed by atoms with Gasteiger partial charge in [-0.25, -0.2) is 4.98 Å². The number of carbonyl (C=O) groups excluding carboxylic acids is 1. The lowest BCUT2D eigenvalue weighted by Crippen LogP contribution is -2.54. The van der Waals surface area contributed by atoms with Crippen LogP contribution in [0.2, 0.25) is 5.02 Å². The molecule has 0 spiro atoms. The van der Waals surface area contributed by atoms with Gasteiger partial charge in [-0.2, -0.15) is 13.2 Å². The summed E-state index contributed by atoms with van der Waals surface area (Å²) < 4.78 is 42.8. The Kier molecular flexibility index (Phi) is 5.25. The van der Waals surface area contributed by atoms with Crippen molar-refractivity contribution < 1.29 is 22.7 Å². The Morgan fingerprint density at radius 1 is 1.55 bits per heavy atom. The zero-order valence-electron chi connectivity index (χ0n) is 11.7. The minimum absolute atomic E-state index is 0.0685. The summed E-state index contributed by atoms with van der Waals surface area (Å²) in [6.07, 6.45) is -4.94. The second-order valence-corrected chi connectivity index (χ2v) is 5.36. The number of halogens is 4. The summed E-state index contributed by atoms with van der Waals surface area (Å²) in [5, 5.41) is 2.97. The number of morpholine rings is 1. The van der Waals surface area contributed by atoms with Crippen molar-refractivity contribution in [2.75, 3.05) is 25.0 Å². The number of alkyl halides is 3. The second kappa shape index (κ2) is 6.80. The molecule has 2 atom stereocenters. The van der Waals surface area contributed by atoms with Crippen LogP contribution in [0.15, 0.2) is 18.3 Å². The number of carbonyl (C=O) groups is 1. The van der Waals surface area contributed by atoms with Gasteiger partial charge >= 0.3 is 6.18 Å². The average molecular weight is 338 g/mol. The second-order valence-electron chi connectivity index (χ2n) is 4.92. The van der Waals surface area contributed by atoms with Gasteiger partial charge in [0.15, 0.2) is 6.10 Å². The molecular formula is C13H15ClF3N3O2. The van der Waals surface area contributed by atoms with Gasteiger partial charge in [-0.15, -0.1) is 0 Å². The van der Waals surface area contributed by atoms with E-state index in [4.69, 9.17) is 16.3 Å². The molecule has 2 heterocycles. The van der Waals surface area contributed by atoms with Crippen LogP contribution >= 0.6 is 11.6 Å². The highest BCUT2D eigenvalue weighted by Gasteiger charge is 2.44. The van der Waals surface area contributed by atoms with E-state index in [1.807, 2.05) is 0 Å². The maximum Gasteiger partial charge on any atom is 0.415 e. The van der Waals surface area contributed by atoms with E-state index in [2.05, 4.69) is 10.3 Å². The van der Waals surface area contributed by atoms with E-state index in [1.54, 1.807) is 13.0 Å². The van der Waals surface area contributed by atoms with E-state index >= 15 is 0 Å². The summed E-state index contributed by atoms with van der Waals surface area (Å²) in [6.45, 7) is 1.37. The maximum absolute atomic E-state index is 12.7. The van der Waals surface area contributed by atoms with E-state index in [9.17, 15) is 18.0 Å². The van der Waals surface area contributed by atoms with Crippen LogP contribution in [-0.2, 0) is 9.53 Å².